The maximum absolute atomic E-state index is 11.6. The summed E-state index contributed by atoms with van der Waals surface area (Å²) in [6, 6.07) is 3.10. The molecule has 27 heavy (non-hydrogen) atoms. The number of benzene rings is 1. The van der Waals surface area contributed by atoms with Gasteiger partial charge < -0.3 is 30.3 Å². The van der Waals surface area contributed by atoms with Gasteiger partial charge in [0.25, 0.3) is 0 Å². The molecule has 0 unspecified atom stereocenters. The Morgan fingerprint density at radius 1 is 1.41 bits per heavy atom. The van der Waals surface area contributed by atoms with Crippen molar-refractivity contribution >= 4 is 13.1 Å². The number of aromatic carboxylic acids is 1. The van der Waals surface area contributed by atoms with Gasteiger partial charge in [-0.1, -0.05) is 6.07 Å². The van der Waals surface area contributed by atoms with E-state index in [4.69, 9.17) is 14.8 Å². The van der Waals surface area contributed by atoms with Crippen molar-refractivity contribution in [3.05, 3.63) is 23.3 Å². The van der Waals surface area contributed by atoms with Crippen LogP contribution in [0.15, 0.2) is 12.1 Å². The van der Waals surface area contributed by atoms with Crippen LogP contribution in [0.2, 0.25) is 6.32 Å². The van der Waals surface area contributed by atoms with Crippen LogP contribution in [0.25, 0.3) is 0 Å². The van der Waals surface area contributed by atoms with Crippen LogP contribution >= 0.6 is 0 Å². The minimum absolute atomic E-state index is 0.0111. The van der Waals surface area contributed by atoms with Crippen LogP contribution in [0.1, 0.15) is 35.7 Å². The maximum atomic E-state index is 11.6. The Kier molecular flexibility index (Phi) is 5.95. The minimum Gasteiger partial charge on any atom is -0.507 e. The zero-order valence-electron chi connectivity index (χ0n) is 15.5. The third-order valence-electron chi connectivity index (χ3n) is 5.36. The molecule has 0 bridgehead atoms. The summed E-state index contributed by atoms with van der Waals surface area (Å²) in [5, 5.41) is 41.2. The molecular weight excluding hydrogens is 351 g/mol. The first-order valence-corrected chi connectivity index (χ1v) is 9.36. The number of aryl methyl sites for hydroxylation is 1. The molecule has 3 rings (SSSR count). The van der Waals surface area contributed by atoms with E-state index in [9.17, 15) is 15.0 Å². The summed E-state index contributed by atoms with van der Waals surface area (Å²) in [4.78, 5) is 13.9. The van der Waals surface area contributed by atoms with E-state index in [0.29, 0.717) is 5.56 Å². The Balaban J connectivity index is 1.61. The first-order valence-electron chi connectivity index (χ1n) is 9.36. The Hall–Kier alpha value is -1.81. The Labute approximate surface area is 158 Å². The summed E-state index contributed by atoms with van der Waals surface area (Å²) < 4.78 is 5.83. The van der Waals surface area contributed by atoms with Gasteiger partial charge in [-0.05, 0) is 50.7 Å². The quantitative estimate of drug-likeness (QED) is 0.410. The van der Waals surface area contributed by atoms with Crippen LogP contribution in [0.4, 0.5) is 0 Å². The van der Waals surface area contributed by atoms with E-state index in [1.54, 1.807) is 6.07 Å². The number of hydrogen-bond acceptors (Lipinski definition) is 7. The Morgan fingerprint density at radius 2 is 2.15 bits per heavy atom. The summed E-state index contributed by atoms with van der Waals surface area (Å²) in [6.07, 6.45) is 2.39. The number of nitrogens with zero attached hydrogens (tertiary/aromatic N) is 1. The normalized spacial score (nSPS) is 23.2. The molecule has 5 N–H and O–H groups in total. The monoisotopic (exact) mass is 378 g/mol. The Bertz CT molecular complexity index is 687. The molecule has 2 fully saturated rings. The summed E-state index contributed by atoms with van der Waals surface area (Å²) in [5.74, 6) is -1.50. The number of carboxylic acids is 1. The van der Waals surface area contributed by atoms with Crippen molar-refractivity contribution in [3.8, 4) is 11.5 Å². The molecule has 2 aliphatic heterocycles. The highest BCUT2D eigenvalue weighted by Gasteiger charge is 2.37. The highest BCUT2D eigenvalue weighted by molar-refractivity contribution is 6.41. The van der Waals surface area contributed by atoms with Crippen molar-refractivity contribution in [1.82, 2.24) is 10.2 Å². The number of carbonyl (C=O) groups is 1. The van der Waals surface area contributed by atoms with E-state index < -0.39 is 13.1 Å². The average molecular weight is 378 g/mol. The lowest BCUT2D eigenvalue weighted by molar-refractivity contribution is 0.00482. The lowest BCUT2D eigenvalue weighted by Crippen LogP contribution is -2.59. The maximum Gasteiger partial charge on any atom is 0.451 e. The van der Waals surface area contributed by atoms with Crippen molar-refractivity contribution in [2.75, 3.05) is 26.2 Å². The number of likely N-dealkylation sites (tertiary alicyclic amines) is 1. The van der Waals surface area contributed by atoms with E-state index in [2.05, 4.69) is 17.1 Å². The number of rotatable bonds is 8. The first kappa shape index (κ1) is 19.9. The zero-order chi connectivity index (χ0) is 19.6. The molecule has 1 aromatic rings. The predicted octanol–water partition coefficient (Wildman–Crippen LogP) is 0.311. The van der Waals surface area contributed by atoms with E-state index in [-0.39, 0.29) is 41.4 Å². The van der Waals surface area contributed by atoms with Gasteiger partial charge in [-0.15, -0.1) is 0 Å². The van der Waals surface area contributed by atoms with E-state index in [1.165, 1.54) is 12.5 Å². The van der Waals surface area contributed by atoms with E-state index in [1.807, 2.05) is 0 Å². The second kappa shape index (κ2) is 8.06. The summed E-state index contributed by atoms with van der Waals surface area (Å²) in [7, 11) is -1.51. The smallest absolute Gasteiger partial charge is 0.451 e. The summed E-state index contributed by atoms with van der Waals surface area (Å²) in [5.41, 5.74) is 0.208. The number of carboxylic acid groups (broad SMARTS) is 1. The molecule has 1 atom stereocenters. The second-order valence-corrected chi connectivity index (χ2v) is 7.80. The van der Waals surface area contributed by atoms with Crippen LogP contribution in [-0.2, 0) is 6.42 Å². The van der Waals surface area contributed by atoms with E-state index in [0.717, 1.165) is 32.6 Å². The predicted molar refractivity (Wildman–Crippen MR) is 100 cm³/mol. The molecule has 0 amide bonds. The number of ether oxygens (including phenoxy) is 1. The van der Waals surface area contributed by atoms with Crippen molar-refractivity contribution in [1.29, 1.82) is 0 Å². The molecule has 0 aromatic heterocycles. The standard InChI is InChI=1S/C18H27BN2O6/c1-18(6-2-8-20-18)11-21-9-13(10-21)27-14-4-3-12(5-7-19(25)26)16(22)15(14)17(23)24/h3-4,13,20,22,25-26H,2,5-11H2,1H3,(H,23,24)/t18-/m1/s1. The van der Waals surface area contributed by atoms with Gasteiger partial charge in [0.05, 0.1) is 0 Å². The number of nitrogens with one attached hydrogen (secondary N) is 1. The lowest BCUT2D eigenvalue weighted by atomic mass is 9.82. The van der Waals surface area contributed by atoms with Crippen molar-refractivity contribution in [2.45, 2.75) is 44.1 Å². The molecule has 0 aliphatic carbocycles. The highest BCUT2D eigenvalue weighted by Crippen LogP contribution is 2.34. The minimum atomic E-state index is -1.51. The van der Waals surface area contributed by atoms with Gasteiger partial charge in [0.2, 0.25) is 0 Å². The van der Waals surface area contributed by atoms with Gasteiger partial charge in [0, 0.05) is 25.2 Å². The fraction of sp³-hybridized carbons (Fsp3) is 0.611. The van der Waals surface area contributed by atoms with Crippen LogP contribution in [-0.4, -0.2) is 76.1 Å². The molecule has 2 saturated heterocycles. The van der Waals surface area contributed by atoms with Crippen LogP contribution < -0.4 is 10.1 Å². The summed E-state index contributed by atoms with van der Waals surface area (Å²) in [6.45, 7) is 5.64. The van der Waals surface area contributed by atoms with Gasteiger partial charge in [-0.25, -0.2) is 4.79 Å². The van der Waals surface area contributed by atoms with Crippen LogP contribution in [0.5, 0.6) is 11.5 Å². The second-order valence-electron chi connectivity index (χ2n) is 7.80. The van der Waals surface area contributed by atoms with Gasteiger partial charge in [-0.2, -0.15) is 0 Å². The van der Waals surface area contributed by atoms with Gasteiger partial charge in [0.15, 0.2) is 0 Å². The molecule has 2 aliphatic rings. The van der Waals surface area contributed by atoms with Crippen molar-refractivity contribution < 1.29 is 29.8 Å². The molecule has 148 valence electrons. The molecule has 0 radical (unpaired) electrons. The van der Waals surface area contributed by atoms with Crippen LogP contribution in [0, 0.1) is 0 Å². The molecular formula is C18H27BN2O6. The number of hydrogen-bond donors (Lipinski definition) is 5. The molecule has 1 aromatic carbocycles. The Morgan fingerprint density at radius 3 is 2.74 bits per heavy atom. The van der Waals surface area contributed by atoms with Gasteiger partial charge in [-0.3, -0.25) is 4.90 Å². The average Bonchev–Trinajstić information content (AvgIpc) is 2.98. The number of phenols is 1. The summed E-state index contributed by atoms with van der Waals surface area (Å²) >= 11 is 0. The third kappa shape index (κ3) is 4.73. The van der Waals surface area contributed by atoms with Gasteiger partial charge >= 0.3 is 13.1 Å². The van der Waals surface area contributed by atoms with Gasteiger partial charge in [0.1, 0.15) is 23.2 Å². The molecule has 0 saturated carbocycles. The van der Waals surface area contributed by atoms with Crippen molar-refractivity contribution in [3.63, 3.8) is 0 Å². The molecule has 0 spiro atoms. The van der Waals surface area contributed by atoms with Crippen LogP contribution in [0.3, 0.4) is 0 Å². The largest absolute Gasteiger partial charge is 0.507 e. The fourth-order valence-electron chi connectivity index (χ4n) is 3.90. The molecule has 8 nitrogen and oxygen atoms in total. The molecule has 2 heterocycles. The highest BCUT2D eigenvalue weighted by atomic mass is 16.5. The first-order chi connectivity index (χ1) is 12.8. The van der Waals surface area contributed by atoms with Crippen molar-refractivity contribution in [2.24, 2.45) is 0 Å². The SMILES string of the molecule is C[C@]1(CN2CC(Oc3ccc(CCB(O)O)c(O)c3C(=O)O)C2)CCCN1. The molecule has 9 heteroatoms. The third-order valence-corrected chi connectivity index (χ3v) is 5.36. The number of aromatic hydroxyl groups is 1. The van der Waals surface area contributed by atoms with E-state index >= 15 is 0 Å². The lowest BCUT2D eigenvalue weighted by Gasteiger charge is -2.43. The zero-order valence-corrected chi connectivity index (χ0v) is 15.5. The topological polar surface area (TPSA) is 122 Å². The fourth-order valence-corrected chi connectivity index (χ4v) is 3.90.